The van der Waals surface area contributed by atoms with Gasteiger partial charge in [-0.1, -0.05) is 12.1 Å². The highest BCUT2D eigenvalue weighted by Crippen LogP contribution is 2.30. The summed E-state index contributed by atoms with van der Waals surface area (Å²) in [7, 11) is 0. The molecule has 0 spiro atoms. The van der Waals surface area contributed by atoms with E-state index in [9.17, 15) is 14.4 Å². The van der Waals surface area contributed by atoms with E-state index in [4.69, 9.17) is 0 Å². The maximum Gasteiger partial charge on any atom is 0.251 e. The minimum atomic E-state index is -0.403. The van der Waals surface area contributed by atoms with E-state index in [0.29, 0.717) is 23.8 Å². The molecular weight excluding hydrogens is 366 g/mol. The van der Waals surface area contributed by atoms with Crippen molar-refractivity contribution in [2.75, 3.05) is 16.8 Å². The summed E-state index contributed by atoms with van der Waals surface area (Å²) in [6.07, 6.45) is 2.28. The summed E-state index contributed by atoms with van der Waals surface area (Å²) in [5.41, 5.74) is 4.25. The summed E-state index contributed by atoms with van der Waals surface area (Å²) in [5.74, 6) is -0.705. The van der Waals surface area contributed by atoms with E-state index in [1.54, 1.807) is 29.2 Å². The van der Waals surface area contributed by atoms with Crippen molar-refractivity contribution >= 4 is 29.1 Å². The molecule has 2 aliphatic rings. The number of benzene rings is 2. The van der Waals surface area contributed by atoms with Gasteiger partial charge in [-0.05, 0) is 68.1 Å². The second kappa shape index (κ2) is 7.70. The second-order valence-corrected chi connectivity index (χ2v) is 7.94. The third-order valence-electron chi connectivity index (χ3n) is 5.69. The van der Waals surface area contributed by atoms with Crippen LogP contribution < -0.4 is 15.5 Å². The zero-order chi connectivity index (χ0) is 20.5. The lowest BCUT2D eigenvalue weighted by Crippen LogP contribution is -2.28. The predicted octanol–water partition coefficient (Wildman–Crippen LogP) is 3.19. The molecule has 1 aliphatic carbocycles. The molecule has 2 aromatic rings. The zero-order valence-electron chi connectivity index (χ0n) is 16.7. The monoisotopic (exact) mass is 391 g/mol. The number of amides is 3. The molecule has 1 heterocycles. The Balaban J connectivity index is 1.39. The van der Waals surface area contributed by atoms with Gasteiger partial charge in [-0.15, -0.1) is 0 Å². The van der Waals surface area contributed by atoms with Gasteiger partial charge in [0.15, 0.2) is 0 Å². The number of rotatable bonds is 5. The lowest BCUT2D eigenvalue weighted by Gasteiger charge is -2.20. The highest BCUT2D eigenvalue weighted by atomic mass is 16.2. The fourth-order valence-electron chi connectivity index (χ4n) is 3.59. The molecule has 2 aromatic carbocycles. The molecule has 0 aromatic heterocycles. The molecule has 3 amide bonds. The Labute approximate surface area is 170 Å². The fourth-order valence-corrected chi connectivity index (χ4v) is 3.59. The maximum absolute atomic E-state index is 12.7. The van der Waals surface area contributed by atoms with E-state index in [2.05, 4.69) is 10.6 Å². The first-order valence-corrected chi connectivity index (χ1v) is 10.0. The Morgan fingerprint density at radius 2 is 1.76 bits per heavy atom. The quantitative estimate of drug-likeness (QED) is 0.822. The van der Waals surface area contributed by atoms with Gasteiger partial charge in [0.1, 0.15) is 0 Å². The van der Waals surface area contributed by atoms with E-state index in [1.165, 1.54) is 0 Å². The highest BCUT2D eigenvalue weighted by Gasteiger charge is 2.35. The first kappa shape index (κ1) is 19.2. The molecule has 2 fully saturated rings. The molecule has 4 rings (SSSR count). The van der Waals surface area contributed by atoms with Crippen molar-refractivity contribution in [2.24, 2.45) is 5.92 Å². The third kappa shape index (κ3) is 4.16. The van der Waals surface area contributed by atoms with Gasteiger partial charge in [0.2, 0.25) is 11.8 Å². The van der Waals surface area contributed by atoms with Crippen molar-refractivity contribution in [2.45, 2.75) is 39.2 Å². The number of anilines is 2. The number of nitrogens with one attached hydrogen (secondary N) is 2. The molecule has 1 saturated carbocycles. The van der Waals surface area contributed by atoms with Gasteiger partial charge < -0.3 is 15.5 Å². The van der Waals surface area contributed by atoms with Crippen molar-refractivity contribution in [3.05, 3.63) is 59.2 Å². The van der Waals surface area contributed by atoms with Crippen molar-refractivity contribution in [1.82, 2.24) is 5.32 Å². The van der Waals surface area contributed by atoms with Crippen molar-refractivity contribution in [3.63, 3.8) is 0 Å². The van der Waals surface area contributed by atoms with Crippen LogP contribution in [0.4, 0.5) is 11.4 Å². The van der Waals surface area contributed by atoms with Crippen LogP contribution >= 0.6 is 0 Å². The summed E-state index contributed by atoms with van der Waals surface area (Å²) >= 11 is 0. The summed E-state index contributed by atoms with van der Waals surface area (Å²) in [6.45, 7) is 4.38. The molecule has 6 heteroatoms. The molecule has 0 bridgehead atoms. The molecule has 150 valence electrons. The smallest absolute Gasteiger partial charge is 0.251 e. The molecule has 0 radical (unpaired) electrons. The Bertz CT molecular complexity index is 964. The molecule has 1 atom stereocenters. The number of carbonyl (C=O) groups is 3. The largest absolute Gasteiger partial charge is 0.349 e. The SMILES string of the molecule is Cc1cccc(N2CC(C(=O)Nc3ccc(C(=O)NC4CC4)cc3)CC2=O)c1C. The van der Waals surface area contributed by atoms with Crippen LogP contribution in [0.1, 0.15) is 40.7 Å². The van der Waals surface area contributed by atoms with Gasteiger partial charge in [0.05, 0.1) is 5.92 Å². The van der Waals surface area contributed by atoms with Gasteiger partial charge in [-0.3, -0.25) is 14.4 Å². The van der Waals surface area contributed by atoms with Gasteiger partial charge in [0, 0.05) is 35.9 Å². The molecule has 1 saturated heterocycles. The van der Waals surface area contributed by atoms with Crippen LogP contribution in [0.15, 0.2) is 42.5 Å². The maximum atomic E-state index is 12.7. The second-order valence-electron chi connectivity index (χ2n) is 7.94. The first-order chi connectivity index (χ1) is 13.9. The minimum absolute atomic E-state index is 0.0362. The number of nitrogens with zero attached hydrogens (tertiary/aromatic N) is 1. The Morgan fingerprint density at radius 1 is 1.03 bits per heavy atom. The number of carbonyl (C=O) groups excluding carboxylic acids is 3. The summed E-state index contributed by atoms with van der Waals surface area (Å²) in [6, 6.07) is 13.0. The first-order valence-electron chi connectivity index (χ1n) is 10.0. The molecule has 2 N–H and O–H groups in total. The number of hydrogen-bond acceptors (Lipinski definition) is 3. The Hall–Kier alpha value is -3.15. The standard InChI is InChI=1S/C23H25N3O3/c1-14-4-3-5-20(15(14)2)26-13-17(12-21(26)27)23(29)25-18-8-6-16(7-9-18)22(28)24-19-10-11-19/h3-9,17,19H,10-13H2,1-2H3,(H,24,28)(H,25,29). The van der Waals surface area contributed by atoms with Crippen LogP contribution in [0.5, 0.6) is 0 Å². The van der Waals surface area contributed by atoms with E-state index in [-0.39, 0.29) is 24.1 Å². The lowest BCUT2D eigenvalue weighted by atomic mass is 10.1. The average Bonchev–Trinajstić information content (AvgIpc) is 3.43. The van der Waals surface area contributed by atoms with E-state index < -0.39 is 5.92 Å². The van der Waals surface area contributed by atoms with Crippen LogP contribution in [0, 0.1) is 19.8 Å². The van der Waals surface area contributed by atoms with Crippen LogP contribution in [0.2, 0.25) is 0 Å². The van der Waals surface area contributed by atoms with Crippen molar-refractivity contribution in [1.29, 1.82) is 0 Å². The summed E-state index contributed by atoms with van der Waals surface area (Å²) in [4.78, 5) is 39.0. The van der Waals surface area contributed by atoms with Gasteiger partial charge >= 0.3 is 0 Å². The summed E-state index contributed by atoms with van der Waals surface area (Å²) < 4.78 is 0. The highest BCUT2D eigenvalue weighted by molar-refractivity contribution is 6.04. The third-order valence-corrected chi connectivity index (χ3v) is 5.69. The van der Waals surface area contributed by atoms with E-state index in [0.717, 1.165) is 29.7 Å². The molecular formula is C23H25N3O3. The van der Waals surface area contributed by atoms with Gasteiger partial charge in [-0.25, -0.2) is 0 Å². The van der Waals surface area contributed by atoms with E-state index in [1.807, 2.05) is 32.0 Å². The van der Waals surface area contributed by atoms with Crippen LogP contribution in [0.3, 0.4) is 0 Å². The van der Waals surface area contributed by atoms with Crippen molar-refractivity contribution < 1.29 is 14.4 Å². The summed E-state index contributed by atoms with van der Waals surface area (Å²) in [5, 5.41) is 5.81. The topological polar surface area (TPSA) is 78.5 Å². The average molecular weight is 391 g/mol. The van der Waals surface area contributed by atoms with Crippen LogP contribution in [-0.4, -0.2) is 30.3 Å². The lowest BCUT2D eigenvalue weighted by molar-refractivity contribution is -0.122. The predicted molar refractivity (Wildman–Crippen MR) is 112 cm³/mol. The molecule has 1 unspecified atom stereocenters. The van der Waals surface area contributed by atoms with E-state index >= 15 is 0 Å². The Kier molecular flexibility index (Phi) is 5.09. The minimum Gasteiger partial charge on any atom is -0.349 e. The number of aryl methyl sites for hydroxylation is 1. The van der Waals surface area contributed by atoms with Crippen molar-refractivity contribution in [3.8, 4) is 0 Å². The normalized spacial score (nSPS) is 18.6. The van der Waals surface area contributed by atoms with Gasteiger partial charge in [-0.2, -0.15) is 0 Å². The van der Waals surface area contributed by atoms with Crippen LogP contribution in [-0.2, 0) is 9.59 Å². The fraction of sp³-hybridized carbons (Fsp3) is 0.348. The molecule has 29 heavy (non-hydrogen) atoms. The zero-order valence-corrected chi connectivity index (χ0v) is 16.7. The van der Waals surface area contributed by atoms with Gasteiger partial charge in [0.25, 0.3) is 5.91 Å². The number of hydrogen-bond donors (Lipinski definition) is 2. The molecule has 1 aliphatic heterocycles. The van der Waals surface area contributed by atoms with Crippen LogP contribution in [0.25, 0.3) is 0 Å². The Morgan fingerprint density at radius 3 is 2.45 bits per heavy atom. The molecule has 6 nitrogen and oxygen atoms in total.